The second-order valence-corrected chi connectivity index (χ2v) is 10.1. The number of methoxy groups -OCH3 is 1. The van der Waals surface area contributed by atoms with Gasteiger partial charge in [-0.05, 0) is 61.1 Å². The maximum atomic E-state index is 14.5. The number of hydrogen-bond donors (Lipinski definition) is 3. The summed E-state index contributed by atoms with van der Waals surface area (Å²) in [6.07, 6.45) is 3.09. The van der Waals surface area contributed by atoms with Crippen LogP contribution in [-0.2, 0) is 36.1 Å². The third-order valence-corrected chi connectivity index (χ3v) is 7.69. The molecular formula is C28H28Cl2F2N4O3. The van der Waals surface area contributed by atoms with Crippen LogP contribution in [0.25, 0.3) is 21.8 Å². The molecule has 2 aromatic carbocycles. The van der Waals surface area contributed by atoms with Crippen molar-refractivity contribution < 1.29 is 13.5 Å². The molecule has 206 valence electrons. The van der Waals surface area contributed by atoms with Crippen molar-refractivity contribution in [1.29, 1.82) is 0 Å². The Labute approximate surface area is 233 Å². The molecule has 11 heteroatoms. The van der Waals surface area contributed by atoms with Gasteiger partial charge in [-0.1, -0.05) is 0 Å². The molecule has 0 unspecified atom stereocenters. The van der Waals surface area contributed by atoms with Gasteiger partial charge in [-0.3, -0.25) is 14.2 Å². The fourth-order valence-corrected chi connectivity index (χ4v) is 5.65. The molecule has 3 N–H and O–H groups in total. The Morgan fingerprint density at radius 1 is 0.872 bits per heavy atom. The number of halogens is 4. The molecule has 0 fully saturated rings. The van der Waals surface area contributed by atoms with Gasteiger partial charge >= 0.3 is 0 Å². The standard InChI is InChI=1S/C15H16ClFN2O2.C13H12ClFN2O/c1-21-8-19-12-6-9(7-16)5-11(17)13(12)14-10(15(19)20)3-2-4-18-14;14-6-7-4-9(15)11-10(5-7)17-13(18)8-2-1-3-16-12(8)11/h5-6,18H,2-4,7-8H2,1H3;4-5,16H,1-3,6H2,(H,17,18). The average Bonchev–Trinajstić information content (AvgIpc) is 2.95. The molecule has 2 aliphatic heterocycles. The van der Waals surface area contributed by atoms with Gasteiger partial charge in [0.15, 0.2) is 0 Å². The van der Waals surface area contributed by atoms with E-state index in [1.807, 2.05) is 0 Å². The molecular weight excluding hydrogens is 549 g/mol. The first-order valence-electron chi connectivity index (χ1n) is 12.7. The number of H-pyrrole nitrogens is 1. The van der Waals surface area contributed by atoms with Crippen LogP contribution in [0.15, 0.2) is 33.9 Å². The number of rotatable bonds is 4. The van der Waals surface area contributed by atoms with Crippen LogP contribution in [0.5, 0.6) is 0 Å². The van der Waals surface area contributed by atoms with Crippen molar-refractivity contribution in [1.82, 2.24) is 9.55 Å². The normalized spacial score (nSPS) is 14.2. The Morgan fingerprint density at radius 3 is 2.10 bits per heavy atom. The number of hydrogen-bond acceptors (Lipinski definition) is 5. The van der Waals surface area contributed by atoms with Crippen LogP contribution in [0.3, 0.4) is 0 Å². The van der Waals surface area contributed by atoms with E-state index in [2.05, 4.69) is 15.6 Å². The lowest BCUT2D eigenvalue weighted by atomic mass is 10.00. The second kappa shape index (κ2) is 11.5. The lowest BCUT2D eigenvalue weighted by molar-refractivity contribution is 0.131. The van der Waals surface area contributed by atoms with E-state index >= 15 is 0 Å². The molecule has 39 heavy (non-hydrogen) atoms. The summed E-state index contributed by atoms with van der Waals surface area (Å²) in [5, 5.41) is 7.20. The quantitative estimate of drug-likeness (QED) is 0.275. The maximum Gasteiger partial charge on any atom is 0.258 e. The van der Waals surface area contributed by atoms with E-state index in [0.717, 1.165) is 25.9 Å². The monoisotopic (exact) mass is 576 g/mol. The molecule has 0 spiro atoms. The maximum absolute atomic E-state index is 14.5. The molecule has 0 aliphatic carbocycles. The van der Waals surface area contributed by atoms with E-state index in [0.29, 0.717) is 68.3 Å². The molecule has 0 saturated carbocycles. The van der Waals surface area contributed by atoms with E-state index in [9.17, 15) is 18.4 Å². The van der Waals surface area contributed by atoms with Crippen molar-refractivity contribution in [2.24, 2.45) is 0 Å². The minimum absolute atomic E-state index is 0.0911. The third-order valence-electron chi connectivity index (χ3n) is 7.08. The summed E-state index contributed by atoms with van der Waals surface area (Å²) < 4.78 is 35.2. The van der Waals surface area contributed by atoms with E-state index in [1.165, 1.54) is 23.8 Å². The minimum atomic E-state index is -0.362. The minimum Gasteiger partial charge on any atom is -0.384 e. The first kappa shape index (κ1) is 27.4. The number of aromatic amines is 1. The Morgan fingerprint density at radius 2 is 1.46 bits per heavy atom. The zero-order chi connectivity index (χ0) is 27.7. The predicted molar refractivity (Wildman–Crippen MR) is 152 cm³/mol. The summed E-state index contributed by atoms with van der Waals surface area (Å²) >= 11 is 11.5. The van der Waals surface area contributed by atoms with Crippen molar-refractivity contribution in [3.63, 3.8) is 0 Å². The van der Waals surface area contributed by atoms with Gasteiger partial charge in [0.2, 0.25) is 0 Å². The molecule has 7 nitrogen and oxygen atoms in total. The summed E-state index contributed by atoms with van der Waals surface area (Å²) in [4.78, 5) is 27.3. The van der Waals surface area contributed by atoms with Gasteiger partial charge < -0.3 is 20.4 Å². The molecule has 0 radical (unpaired) electrons. The van der Waals surface area contributed by atoms with Crippen LogP contribution in [0, 0.1) is 11.6 Å². The summed E-state index contributed by atoms with van der Waals surface area (Å²) in [5.74, 6) is -0.290. The lowest BCUT2D eigenvalue weighted by Crippen LogP contribution is -2.29. The molecule has 4 aromatic rings. The smallest absolute Gasteiger partial charge is 0.258 e. The lowest BCUT2D eigenvalue weighted by Gasteiger charge is -2.22. The molecule has 0 bridgehead atoms. The van der Waals surface area contributed by atoms with Gasteiger partial charge in [-0.2, -0.15) is 0 Å². The van der Waals surface area contributed by atoms with E-state index in [-0.39, 0.29) is 41.2 Å². The second-order valence-electron chi connectivity index (χ2n) is 9.61. The van der Waals surface area contributed by atoms with Gasteiger partial charge in [0, 0.05) is 43.1 Å². The topological polar surface area (TPSA) is 88.2 Å². The van der Waals surface area contributed by atoms with Gasteiger partial charge in [0.1, 0.15) is 18.4 Å². The van der Waals surface area contributed by atoms with E-state index in [1.54, 1.807) is 12.1 Å². The van der Waals surface area contributed by atoms with Crippen molar-refractivity contribution in [3.05, 3.63) is 78.9 Å². The highest BCUT2D eigenvalue weighted by molar-refractivity contribution is 6.17. The number of alkyl halides is 2. The van der Waals surface area contributed by atoms with Gasteiger partial charge in [0.25, 0.3) is 11.1 Å². The Hall–Kier alpha value is -3.14. The summed E-state index contributed by atoms with van der Waals surface area (Å²) in [6, 6.07) is 6.32. The van der Waals surface area contributed by atoms with Crippen LogP contribution in [0.4, 0.5) is 20.2 Å². The molecule has 2 aliphatic rings. The molecule has 0 atom stereocenters. The van der Waals surface area contributed by atoms with E-state index < -0.39 is 0 Å². The highest BCUT2D eigenvalue weighted by Crippen LogP contribution is 2.32. The van der Waals surface area contributed by atoms with Crippen LogP contribution in [-0.4, -0.2) is 29.8 Å². The summed E-state index contributed by atoms with van der Waals surface area (Å²) in [5.41, 5.74) is 4.58. The molecule has 4 heterocycles. The third kappa shape index (κ3) is 5.11. The fraction of sp³-hybridized carbons (Fsp3) is 0.357. The molecule has 2 aromatic heterocycles. The van der Waals surface area contributed by atoms with Gasteiger partial charge in [-0.15, -0.1) is 23.2 Å². The number of nitrogens with zero attached hydrogens (tertiary/aromatic N) is 1. The fourth-order valence-electron chi connectivity index (χ4n) is 5.34. The molecule has 0 amide bonds. The SMILES string of the molecule is COCn1c(=O)c2c(c3c(F)cc(CCl)cc31)NCCC2.O=c1[nH]c2cc(CCl)cc(F)c2c2c1CCCN2. The first-order valence-corrected chi connectivity index (χ1v) is 13.8. The van der Waals surface area contributed by atoms with E-state index in [4.69, 9.17) is 27.9 Å². The number of nitrogens with one attached hydrogen (secondary N) is 3. The number of pyridine rings is 2. The highest BCUT2D eigenvalue weighted by atomic mass is 35.5. The Balaban J connectivity index is 0.000000160. The van der Waals surface area contributed by atoms with Gasteiger partial charge in [0.05, 0.1) is 33.2 Å². The van der Waals surface area contributed by atoms with Crippen LogP contribution in [0.2, 0.25) is 0 Å². The Kier molecular flexibility index (Phi) is 8.11. The predicted octanol–water partition coefficient (Wildman–Crippen LogP) is 5.61. The number of anilines is 2. The highest BCUT2D eigenvalue weighted by Gasteiger charge is 2.22. The first-order chi connectivity index (χ1) is 18.9. The Bertz CT molecular complexity index is 1690. The zero-order valence-corrected chi connectivity index (χ0v) is 22.9. The number of aromatic nitrogens is 2. The number of benzene rings is 2. The van der Waals surface area contributed by atoms with Crippen LogP contribution < -0.4 is 21.8 Å². The van der Waals surface area contributed by atoms with Crippen LogP contribution in [0.1, 0.15) is 35.1 Å². The molecule has 0 saturated heterocycles. The average molecular weight is 577 g/mol. The number of fused-ring (bicyclic) bond motifs is 6. The van der Waals surface area contributed by atoms with Crippen molar-refractivity contribution >= 4 is 56.4 Å². The number of ether oxygens (including phenoxy) is 1. The van der Waals surface area contributed by atoms with Crippen molar-refractivity contribution in [2.75, 3.05) is 30.8 Å². The largest absolute Gasteiger partial charge is 0.384 e. The van der Waals surface area contributed by atoms with Crippen molar-refractivity contribution in [3.8, 4) is 0 Å². The zero-order valence-electron chi connectivity index (χ0n) is 21.4. The summed E-state index contributed by atoms with van der Waals surface area (Å²) in [6.45, 7) is 1.60. The van der Waals surface area contributed by atoms with Crippen molar-refractivity contribution in [2.45, 2.75) is 44.2 Å². The summed E-state index contributed by atoms with van der Waals surface area (Å²) in [7, 11) is 1.51. The molecule has 6 rings (SSSR count). The van der Waals surface area contributed by atoms with Crippen LogP contribution >= 0.6 is 23.2 Å². The van der Waals surface area contributed by atoms with Gasteiger partial charge in [-0.25, -0.2) is 8.78 Å².